The zero-order chi connectivity index (χ0) is 13.9. The summed E-state index contributed by atoms with van der Waals surface area (Å²) in [5, 5.41) is 0. The largest absolute Gasteiger partial charge is 0.330 e. The molecule has 0 fully saturated rings. The van der Waals surface area contributed by atoms with Gasteiger partial charge in [0.25, 0.3) is 0 Å². The monoisotopic (exact) mass is 265 g/mol. The van der Waals surface area contributed by atoms with Crippen molar-refractivity contribution in [3.8, 4) is 11.4 Å². The molecule has 0 aliphatic carbocycles. The summed E-state index contributed by atoms with van der Waals surface area (Å²) >= 11 is 0. The summed E-state index contributed by atoms with van der Waals surface area (Å²) in [7, 11) is 0. The summed E-state index contributed by atoms with van der Waals surface area (Å²) in [6, 6.07) is 16.7. The van der Waals surface area contributed by atoms with Crippen LogP contribution in [0.1, 0.15) is 12.5 Å². The molecule has 0 radical (unpaired) electrons. The third kappa shape index (κ3) is 2.10. The van der Waals surface area contributed by atoms with E-state index in [0.29, 0.717) is 6.54 Å². The number of nitrogens with two attached hydrogens (primary N) is 1. The summed E-state index contributed by atoms with van der Waals surface area (Å²) in [4.78, 5) is 4.82. The Labute approximate surface area is 119 Å². The predicted molar refractivity (Wildman–Crippen MR) is 83.6 cm³/mol. The van der Waals surface area contributed by atoms with Gasteiger partial charge < -0.3 is 10.3 Å². The Hall–Kier alpha value is -2.13. The molecule has 20 heavy (non-hydrogen) atoms. The van der Waals surface area contributed by atoms with Gasteiger partial charge in [-0.05, 0) is 37.6 Å². The van der Waals surface area contributed by atoms with Crippen LogP contribution < -0.4 is 5.73 Å². The number of imidazole rings is 1. The zero-order valence-corrected chi connectivity index (χ0v) is 11.7. The molecular weight excluding hydrogens is 246 g/mol. The number of hydrogen-bond donors (Lipinski definition) is 1. The fourth-order valence-electron chi connectivity index (χ4n) is 2.71. The number of rotatable bonds is 4. The van der Waals surface area contributed by atoms with Gasteiger partial charge in [-0.15, -0.1) is 0 Å². The maximum absolute atomic E-state index is 5.73. The Morgan fingerprint density at radius 1 is 1.05 bits per heavy atom. The van der Waals surface area contributed by atoms with E-state index in [4.69, 9.17) is 10.7 Å². The first-order valence-electron chi connectivity index (χ1n) is 7.08. The third-order valence-electron chi connectivity index (χ3n) is 3.64. The molecule has 0 atom stereocenters. The van der Waals surface area contributed by atoms with E-state index in [2.05, 4.69) is 54.0 Å². The molecule has 3 aromatic rings. The first-order valence-corrected chi connectivity index (χ1v) is 7.08. The van der Waals surface area contributed by atoms with Crippen LogP contribution in [0, 0.1) is 0 Å². The Morgan fingerprint density at radius 3 is 2.60 bits per heavy atom. The van der Waals surface area contributed by atoms with Crippen LogP contribution in [-0.4, -0.2) is 16.1 Å². The maximum atomic E-state index is 5.73. The summed E-state index contributed by atoms with van der Waals surface area (Å²) < 4.78 is 2.27. The normalized spacial score (nSPS) is 11.1. The molecular formula is C17H19N3. The molecule has 2 N–H and O–H groups in total. The van der Waals surface area contributed by atoms with Crippen LogP contribution in [0.15, 0.2) is 48.5 Å². The highest BCUT2D eigenvalue weighted by Crippen LogP contribution is 2.27. The van der Waals surface area contributed by atoms with Gasteiger partial charge >= 0.3 is 0 Å². The molecule has 0 saturated carbocycles. The van der Waals surface area contributed by atoms with Crippen LogP contribution in [0.2, 0.25) is 0 Å². The van der Waals surface area contributed by atoms with E-state index in [1.54, 1.807) is 0 Å². The lowest BCUT2D eigenvalue weighted by Gasteiger charge is -2.10. The highest BCUT2D eigenvalue weighted by molar-refractivity contribution is 5.81. The highest BCUT2D eigenvalue weighted by Gasteiger charge is 2.13. The van der Waals surface area contributed by atoms with E-state index in [-0.39, 0.29) is 0 Å². The minimum absolute atomic E-state index is 0.656. The van der Waals surface area contributed by atoms with Gasteiger partial charge in [0.2, 0.25) is 0 Å². The Bertz CT molecular complexity index is 728. The second kappa shape index (κ2) is 5.47. The molecule has 3 rings (SSSR count). The lowest BCUT2D eigenvalue weighted by atomic mass is 10.0. The fourth-order valence-corrected chi connectivity index (χ4v) is 2.71. The molecule has 3 heteroatoms. The van der Waals surface area contributed by atoms with Crippen molar-refractivity contribution in [3.05, 3.63) is 54.1 Å². The Balaban J connectivity index is 2.24. The molecule has 0 saturated heterocycles. The number of aromatic nitrogens is 2. The van der Waals surface area contributed by atoms with Crippen molar-refractivity contribution in [2.45, 2.75) is 19.9 Å². The van der Waals surface area contributed by atoms with Crippen molar-refractivity contribution >= 4 is 11.0 Å². The van der Waals surface area contributed by atoms with Gasteiger partial charge in [-0.1, -0.05) is 36.4 Å². The number of nitrogens with zero attached hydrogens (tertiary/aromatic N) is 2. The molecule has 0 amide bonds. The van der Waals surface area contributed by atoms with Crippen LogP contribution in [-0.2, 0) is 13.0 Å². The van der Waals surface area contributed by atoms with E-state index in [0.717, 1.165) is 24.3 Å². The average Bonchev–Trinajstić information content (AvgIpc) is 2.86. The molecule has 0 bridgehead atoms. The number of aryl methyl sites for hydroxylation is 1. The number of para-hydroxylation sites is 2. The van der Waals surface area contributed by atoms with Gasteiger partial charge in [0.15, 0.2) is 0 Å². The van der Waals surface area contributed by atoms with Gasteiger partial charge in [0.05, 0.1) is 11.0 Å². The van der Waals surface area contributed by atoms with Crippen LogP contribution in [0.5, 0.6) is 0 Å². The van der Waals surface area contributed by atoms with Gasteiger partial charge in [-0.2, -0.15) is 0 Å². The summed E-state index contributed by atoms with van der Waals surface area (Å²) in [6.07, 6.45) is 0.878. The first-order chi connectivity index (χ1) is 9.85. The summed E-state index contributed by atoms with van der Waals surface area (Å²) in [6.45, 7) is 3.72. The zero-order valence-electron chi connectivity index (χ0n) is 11.7. The predicted octanol–water partition coefficient (Wildman–Crippen LogP) is 3.22. The average molecular weight is 265 g/mol. The minimum atomic E-state index is 0.656. The van der Waals surface area contributed by atoms with Crippen LogP contribution >= 0.6 is 0 Å². The molecule has 0 aliphatic rings. The molecule has 0 spiro atoms. The van der Waals surface area contributed by atoms with Crippen LogP contribution in [0.3, 0.4) is 0 Å². The lowest BCUT2D eigenvalue weighted by molar-refractivity contribution is 0.794. The van der Waals surface area contributed by atoms with Crippen molar-refractivity contribution in [1.82, 2.24) is 9.55 Å². The summed E-state index contributed by atoms with van der Waals surface area (Å²) in [5.74, 6) is 1.04. The quantitative estimate of drug-likeness (QED) is 0.787. The Kier molecular flexibility index (Phi) is 3.52. The van der Waals surface area contributed by atoms with Crippen molar-refractivity contribution in [1.29, 1.82) is 0 Å². The number of hydrogen-bond acceptors (Lipinski definition) is 2. The third-order valence-corrected chi connectivity index (χ3v) is 3.64. The van der Waals surface area contributed by atoms with Crippen molar-refractivity contribution in [3.63, 3.8) is 0 Å². The first kappa shape index (κ1) is 12.9. The van der Waals surface area contributed by atoms with E-state index in [1.165, 1.54) is 16.6 Å². The molecule has 0 unspecified atom stereocenters. The molecule has 102 valence electrons. The van der Waals surface area contributed by atoms with Gasteiger partial charge in [0.1, 0.15) is 5.82 Å². The Morgan fingerprint density at radius 2 is 1.80 bits per heavy atom. The van der Waals surface area contributed by atoms with E-state index in [9.17, 15) is 0 Å². The SMILES string of the molecule is CCn1c(-c2ccccc2CCN)nc2ccccc21. The van der Waals surface area contributed by atoms with E-state index >= 15 is 0 Å². The number of fused-ring (bicyclic) bond motifs is 1. The topological polar surface area (TPSA) is 43.8 Å². The van der Waals surface area contributed by atoms with Gasteiger partial charge in [-0.25, -0.2) is 4.98 Å². The second-order valence-corrected chi connectivity index (χ2v) is 4.86. The fraction of sp³-hybridized carbons (Fsp3) is 0.235. The lowest BCUT2D eigenvalue weighted by Crippen LogP contribution is -2.05. The highest BCUT2D eigenvalue weighted by atomic mass is 15.1. The van der Waals surface area contributed by atoms with Crippen LogP contribution in [0.25, 0.3) is 22.4 Å². The van der Waals surface area contributed by atoms with Crippen molar-refractivity contribution in [2.24, 2.45) is 5.73 Å². The van der Waals surface area contributed by atoms with E-state index in [1.807, 2.05) is 6.07 Å². The minimum Gasteiger partial charge on any atom is -0.330 e. The van der Waals surface area contributed by atoms with E-state index < -0.39 is 0 Å². The summed E-state index contributed by atoms with van der Waals surface area (Å²) in [5.41, 5.74) is 10.4. The molecule has 1 aromatic heterocycles. The molecule has 1 heterocycles. The molecule has 0 aliphatic heterocycles. The number of benzene rings is 2. The van der Waals surface area contributed by atoms with Gasteiger partial charge in [0, 0.05) is 12.1 Å². The van der Waals surface area contributed by atoms with Crippen molar-refractivity contribution in [2.75, 3.05) is 6.54 Å². The smallest absolute Gasteiger partial charge is 0.141 e. The van der Waals surface area contributed by atoms with Gasteiger partial charge in [-0.3, -0.25) is 0 Å². The van der Waals surface area contributed by atoms with Crippen LogP contribution in [0.4, 0.5) is 0 Å². The molecule has 3 nitrogen and oxygen atoms in total. The maximum Gasteiger partial charge on any atom is 0.141 e. The second-order valence-electron chi connectivity index (χ2n) is 4.86. The standard InChI is InChI=1S/C17H19N3/c1-2-20-16-10-6-5-9-15(16)19-17(20)14-8-4-3-7-13(14)11-12-18/h3-10H,2,11-12,18H2,1H3. The molecule has 2 aromatic carbocycles. The van der Waals surface area contributed by atoms with Crippen molar-refractivity contribution < 1.29 is 0 Å².